The normalized spacial score (nSPS) is 14.1. The monoisotopic (exact) mass is 498 g/mol. The van der Waals surface area contributed by atoms with Crippen LogP contribution in [0.2, 0.25) is 10.0 Å². The van der Waals surface area contributed by atoms with E-state index >= 15 is 0 Å². The van der Waals surface area contributed by atoms with Gasteiger partial charge < -0.3 is 14.5 Å². The number of aromatic nitrogens is 2. The number of benzene rings is 2. The van der Waals surface area contributed by atoms with Crippen molar-refractivity contribution in [1.29, 1.82) is 0 Å². The second-order valence-electron chi connectivity index (χ2n) is 8.43. The molecule has 1 saturated heterocycles. The first-order valence-corrected chi connectivity index (χ1v) is 12.1. The van der Waals surface area contributed by atoms with E-state index in [4.69, 9.17) is 32.9 Å². The molecule has 1 amide bonds. The van der Waals surface area contributed by atoms with Crippen LogP contribution in [0.1, 0.15) is 29.1 Å². The Labute approximate surface area is 210 Å². The van der Waals surface area contributed by atoms with E-state index in [0.717, 1.165) is 52.9 Å². The molecule has 0 aliphatic carbocycles. The zero-order chi connectivity index (χ0) is 24.1. The van der Waals surface area contributed by atoms with Crippen LogP contribution in [0.25, 0.3) is 0 Å². The van der Waals surface area contributed by atoms with Crippen molar-refractivity contribution in [2.45, 2.75) is 26.7 Å². The molecule has 34 heavy (non-hydrogen) atoms. The topological polar surface area (TPSA) is 58.6 Å². The first-order chi connectivity index (χ1) is 16.4. The maximum atomic E-state index is 12.8. The Bertz CT molecular complexity index is 1140. The zero-order valence-corrected chi connectivity index (χ0v) is 20.9. The van der Waals surface area contributed by atoms with Crippen molar-refractivity contribution in [2.24, 2.45) is 0 Å². The Morgan fingerprint density at radius 3 is 2.29 bits per heavy atom. The Morgan fingerprint density at radius 2 is 1.59 bits per heavy atom. The number of nitrogens with zero attached hydrogens (tertiary/aromatic N) is 4. The molecular formula is C26H28Cl2N4O2. The highest BCUT2D eigenvalue weighted by atomic mass is 35.5. The highest BCUT2D eigenvalue weighted by molar-refractivity contribution is 6.30. The van der Waals surface area contributed by atoms with E-state index < -0.39 is 0 Å². The van der Waals surface area contributed by atoms with Crippen molar-refractivity contribution in [3.8, 4) is 5.75 Å². The fourth-order valence-electron chi connectivity index (χ4n) is 4.14. The van der Waals surface area contributed by atoms with Gasteiger partial charge >= 0.3 is 0 Å². The number of aryl methyl sites for hydroxylation is 2. The molecule has 0 N–H and O–H groups in total. The molecular weight excluding hydrogens is 471 g/mol. The van der Waals surface area contributed by atoms with E-state index in [1.165, 1.54) is 0 Å². The molecule has 0 radical (unpaired) electrons. The van der Waals surface area contributed by atoms with Crippen LogP contribution in [0.3, 0.4) is 0 Å². The predicted molar refractivity (Wildman–Crippen MR) is 136 cm³/mol. The standard InChI is InChI=1S/C26H28Cl2N4O2/c1-18-24(16-20-4-6-21(27)7-5-20)26(30-19(2)29-18)32-13-3-12-31(14-15-32)25(33)17-34-23-10-8-22(28)9-11-23/h4-11H,3,12-17H2,1-2H3. The summed E-state index contributed by atoms with van der Waals surface area (Å²) in [4.78, 5) is 26.4. The van der Waals surface area contributed by atoms with Crippen LogP contribution in [0, 0.1) is 13.8 Å². The Morgan fingerprint density at radius 1 is 0.912 bits per heavy atom. The van der Waals surface area contributed by atoms with E-state index in [-0.39, 0.29) is 12.5 Å². The first kappa shape index (κ1) is 24.3. The summed E-state index contributed by atoms with van der Waals surface area (Å²) in [5.74, 6) is 2.31. The average Bonchev–Trinajstić information content (AvgIpc) is 3.08. The van der Waals surface area contributed by atoms with Gasteiger partial charge in [0.15, 0.2) is 6.61 Å². The van der Waals surface area contributed by atoms with Gasteiger partial charge in [0.25, 0.3) is 5.91 Å². The summed E-state index contributed by atoms with van der Waals surface area (Å²) in [6.45, 7) is 6.80. The highest BCUT2D eigenvalue weighted by Crippen LogP contribution is 2.26. The van der Waals surface area contributed by atoms with Crippen molar-refractivity contribution in [1.82, 2.24) is 14.9 Å². The fraction of sp³-hybridized carbons (Fsp3) is 0.346. The number of halogens is 2. The summed E-state index contributed by atoms with van der Waals surface area (Å²) < 4.78 is 5.66. The second kappa shape index (κ2) is 11.1. The maximum absolute atomic E-state index is 12.8. The van der Waals surface area contributed by atoms with Crippen LogP contribution in [0.15, 0.2) is 48.5 Å². The third-order valence-corrected chi connectivity index (χ3v) is 6.43. The molecule has 2 aromatic carbocycles. The van der Waals surface area contributed by atoms with Gasteiger partial charge in [0.2, 0.25) is 0 Å². The minimum absolute atomic E-state index is 0.00910. The van der Waals surface area contributed by atoms with E-state index in [9.17, 15) is 4.79 Å². The van der Waals surface area contributed by atoms with Crippen LogP contribution in [-0.2, 0) is 11.2 Å². The summed E-state index contributed by atoms with van der Waals surface area (Å²) in [5, 5.41) is 1.36. The van der Waals surface area contributed by atoms with Gasteiger partial charge in [0.1, 0.15) is 17.4 Å². The summed E-state index contributed by atoms with van der Waals surface area (Å²) in [7, 11) is 0. The number of hydrogen-bond acceptors (Lipinski definition) is 5. The van der Waals surface area contributed by atoms with Crippen molar-refractivity contribution < 1.29 is 9.53 Å². The molecule has 2 heterocycles. The second-order valence-corrected chi connectivity index (χ2v) is 9.30. The third-order valence-electron chi connectivity index (χ3n) is 5.92. The lowest BCUT2D eigenvalue weighted by Crippen LogP contribution is -2.38. The number of carbonyl (C=O) groups excluding carboxylic acids is 1. The number of ether oxygens (including phenoxy) is 1. The van der Waals surface area contributed by atoms with E-state index in [1.54, 1.807) is 24.3 Å². The van der Waals surface area contributed by atoms with Crippen molar-refractivity contribution in [3.05, 3.63) is 81.2 Å². The van der Waals surface area contributed by atoms with Gasteiger partial charge in [-0.2, -0.15) is 0 Å². The molecule has 4 rings (SSSR count). The van der Waals surface area contributed by atoms with Crippen LogP contribution in [-0.4, -0.2) is 53.6 Å². The summed E-state index contributed by atoms with van der Waals surface area (Å²) >= 11 is 12.0. The minimum Gasteiger partial charge on any atom is -0.484 e. The van der Waals surface area contributed by atoms with Crippen molar-refractivity contribution in [2.75, 3.05) is 37.7 Å². The summed E-state index contributed by atoms with van der Waals surface area (Å²) in [6.07, 6.45) is 1.59. The van der Waals surface area contributed by atoms with Gasteiger partial charge in [-0.3, -0.25) is 4.79 Å². The molecule has 6 nitrogen and oxygen atoms in total. The molecule has 1 aliphatic rings. The Kier molecular flexibility index (Phi) is 7.91. The predicted octanol–water partition coefficient (Wildman–Crippen LogP) is 5.11. The summed E-state index contributed by atoms with van der Waals surface area (Å²) in [6, 6.07) is 14.9. The molecule has 0 spiro atoms. The third kappa shape index (κ3) is 6.19. The lowest BCUT2D eigenvalue weighted by Gasteiger charge is -2.26. The fourth-order valence-corrected chi connectivity index (χ4v) is 4.39. The van der Waals surface area contributed by atoms with Gasteiger partial charge in [0, 0.05) is 53.9 Å². The minimum atomic E-state index is -0.0202. The molecule has 8 heteroatoms. The molecule has 0 saturated carbocycles. The van der Waals surface area contributed by atoms with E-state index in [2.05, 4.69) is 9.88 Å². The molecule has 1 fully saturated rings. The van der Waals surface area contributed by atoms with E-state index in [0.29, 0.717) is 30.4 Å². The lowest BCUT2D eigenvalue weighted by molar-refractivity contribution is -0.133. The first-order valence-electron chi connectivity index (χ1n) is 11.4. The van der Waals surface area contributed by atoms with Gasteiger partial charge in [0.05, 0.1) is 0 Å². The highest BCUT2D eigenvalue weighted by Gasteiger charge is 2.23. The van der Waals surface area contributed by atoms with Crippen LogP contribution < -0.4 is 9.64 Å². The van der Waals surface area contributed by atoms with Crippen LogP contribution in [0.4, 0.5) is 5.82 Å². The van der Waals surface area contributed by atoms with E-state index in [1.807, 2.05) is 43.0 Å². The van der Waals surface area contributed by atoms with Crippen LogP contribution in [0.5, 0.6) is 5.75 Å². The molecule has 178 valence electrons. The van der Waals surface area contributed by atoms with Crippen molar-refractivity contribution >= 4 is 34.9 Å². The van der Waals surface area contributed by atoms with Gasteiger partial charge in [-0.05, 0) is 62.2 Å². The number of hydrogen-bond donors (Lipinski definition) is 0. The number of amides is 1. The molecule has 0 bridgehead atoms. The number of carbonyl (C=O) groups is 1. The largest absolute Gasteiger partial charge is 0.484 e. The van der Waals surface area contributed by atoms with Gasteiger partial charge in [-0.25, -0.2) is 9.97 Å². The quantitative estimate of drug-likeness (QED) is 0.472. The van der Waals surface area contributed by atoms with Gasteiger partial charge in [-0.1, -0.05) is 35.3 Å². The molecule has 0 unspecified atom stereocenters. The summed E-state index contributed by atoms with van der Waals surface area (Å²) in [5.41, 5.74) is 3.25. The zero-order valence-electron chi connectivity index (χ0n) is 19.4. The number of rotatable bonds is 6. The smallest absolute Gasteiger partial charge is 0.260 e. The molecule has 1 aromatic heterocycles. The lowest BCUT2D eigenvalue weighted by atomic mass is 10.0. The molecule has 3 aromatic rings. The molecule has 1 aliphatic heterocycles. The SMILES string of the molecule is Cc1nc(C)c(Cc2ccc(Cl)cc2)c(N2CCCN(C(=O)COc3ccc(Cl)cc3)CC2)n1. The number of anilines is 1. The van der Waals surface area contributed by atoms with Crippen LogP contribution >= 0.6 is 23.2 Å². The maximum Gasteiger partial charge on any atom is 0.260 e. The Balaban J connectivity index is 1.44. The molecule has 0 atom stereocenters. The Hall–Kier alpha value is -2.83. The van der Waals surface area contributed by atoms with Gasteiger partial charge in [-0.15, -0.1) is 0 Å². The van der Waals surface area contributed by atoms with Crippen molar-refractivity contribution in [3.63, 3.8) is 0 Å². The average molecular weight is 499 g/mol.